The Morgan fingerprint density at radius 3 is 2.22 bits per heavy atom. The fraction of sp³-hybridized carbons (Fsp3) is 0.714. The number of rotatable bonds is 10. The Kier molecular flexibility index (Phi) is 11.3. The molecule has 0 aliphatic carbocycles. The molecule has 0 fully saturated rings. The summed E-state index contributed by atoms with van der Waals surface area (Å²) in [4.78, 5) is 22.3. The minimum atomic E-state index is -0.345. The predicted molar refractivity (Wildman–Crippen MR) is 70.1 cm³/mol. The van der Waals surface area contributed by atoms with E-state index in [0.29, 0.717) is 26.1 Å². The molecule has 0 atom stereocenters. The third kappa shape index (κ3) is 11.2. The van der Waals surface area contributed by atoms with Crippen LogP contribution >= 0.6 is 0 Å². The van der Waals surface area contributed by atoms with Crippen molar-refractivity contribution in [2.24, 2.45) is 0 Å². The summed E-state index contributed by atoms with van der Waals surface area (Å²) < 4.78 is 9.91. The highest BCUT2D eigenvalue weighted by Gasteiger charge is 2.01. The molecule has 18 heavy (non-hydrogen) atoms. The van der Waals surface area contributed by atoms with Crippen LogP contribution in [0.1, 0.15) is 52.4 Å². The van der Waals surface area contributed by atoms with E-state index in [9.17, 15) is 9.59 Å². The van der Waals surface area contributed by atoms with Crippen LogP contribution in [0.5, 0.6) is 0 Å². The smallest absolute Gasteiger partial charge is 0.330 e. The van der Waals surface area contributed by atoms with E-state index in [-0.39, 0.29) is 11.9 Å². The van der Waals surface area contributed by atoms with Crippen molar-refractivity contribution >= 4 is 11.9 Å². The molecule has 0 aromatic rings. The van der Waals surface area contributed by atoms with Crippen LogP contribution in [0.25, 0.3) is 0 Å². The van der Waals surface area contributed by atoms with Crippen molar-refractivity contribution < 1.29 is 19.1 Å². The standard InChI is InChI=1S/C14H24O4/c1-3-5-11-17-13(15)9-7-8-10-14(16)18-12-6-4-2/h7,9H,3-6,8,10-12H2,1-2H3/b9-7+. The van der Waals surface area contributed by atoms with Gasteiger partial charge in [0.2, 0.25) is 0 Å². The van der Waals surface area contributed by atoms with E-state index in [4.69, 9.17) is 9.47 Å². The molecule has 0 saturated carbocycles. The Labute approximate surface area is 109 Å². The molecule has 0 aliphatic heterocycles. The van der Waals surface area contributed by atoms with Gasteiger partial charge in [-0.3, -0.25) is 4.79 Å². The van der Waals surface area contributed by atoms with Gasteiger partial charge in [-0.05, 0) is 19.3 Å². The summed E-state index contributed by atoms with van der Waals surface area (Å²) in [6.07, 6.45) is 7.62. The fourth-order valence-corrected chi connectivity index (χ4v) is 1.15. The van der Waals surface area contributed by atoms with Crippen molar-refractivity contribution in [2.45, 2.75) is 52.4 Å². The summed E-state index contributed by atoms with van der Waals surface area (Å²) in [6.45, 7) is 5.02. The molecule has 0 unspecified atom stereocenters. The maximum Gasteiger partial charge on any atom is 0.330 e. The lowest BCUT2D eigenvalue weighted by Gasteiger charge is -2.01. The van der Waals surface area contributed by atoms with Crippen molar-refractivity contribution in [3.8, 4) is 0 Å². The van der Waals surface area contributed by atoms with E-state index in [0.717, 1.165) is 25.7 Å². The number of hydrogen-bond acceptors (Lipinski definition) is 4. The number of ether oxygens (including phenoxy) is 2. The molecule has 0 heterocycles. The Balaban J connectivity index is 3.51. The molecule has 0 N–H and O–H groups in total. The van der Waals surface area contributed by atoms with Crippen LogP contribution in [0.4, 0.5) is 0 Å². The van der Waals surface area contributed by atoms with Gasteiger partial charge in [0.25, 0.3) is 0 Å². The van der Waals surface area contributed by atoms with Crippen molar-refractivity contribution in [3.63, 3.8) is 0 Å². The van der Waals surface area contributed by atoms with Crippen LogP contribution in [-0.4, -0.2) is 25.2 Å². The van der Waals surface area contributed by atoms with Crippen molar-refractivity contribution in [3.05, 3.63) is 12.2 Å². The van der Waals surface area contributed by atoms with Gasteiger partial charge in [0.05, 0.1) is 13.2 Å². The first kappa shape index (κ1) is 16.7. The summed E-state index contributed by atoms with van der Waals surface area (Å²) >= 11 is 0. The second-order valence-corrected chi connectivity index (χ2v) is 4.04. The molecule has 4 heteroatoms. The Morgan fingerprint density at radius 2 is 1.61 bits per heavy atom. The average molecular weight is 256 g/mol. The first-order chi connectivity index (χ1) is 8.70. The third-order valence-electron chi connectivity index (χ3n) is 2.27. The highest BCUT2D eigenvalue weighted by molar-refractivity contribution is 5.82. The van der Waals surface area contributed by atoms with Gasteiger partial charge in [-0.15, -0.1) is 0 Å². The Hall–Kier alpha value is -1.32. The molecule has 4 nitrogen and oxygen atoms in total. The van der Waals surface area contributed by atoms with Gasteiger partial charge in [0, 0.05) is 12.5 Å². The van der Waals surface area contributed by atoms with Crippen LogP contribution in [-0.2, 0) is 19.1 Å². The van der Waals surface area contributed by atoms with Crippen molar-refractivity contribution in [1.82, 2.24) is 0 Å². The molecule has 0 amide bonds. The van der Waals surface area contributed by atoms with Gasteiger partial charge >= 0.3 is 11.9 Å². The van der Waals surface area contributed by atoms with Gasteiger partial charge < -0.3 is 9.47 Å². The van der Waals surface area contributed by atoms with E-state index in [1.807, 2.05) is 13.8 Å². The zero-order valence-corrected chi connectivity index (χ0v) is 11.4. The van der Waals surface area contributed by atoms with Crippen LogP contribution in [0.3, 0.4) is 0 Å². The summed E-state index contributed by atoms with van der Waals surface area (Å²) in [7, 11) is 0. The monoisotopic (exact) mass is 256 g/mol. The van der Waals surface area contributed by atoms with E-state index >= 15 is 0 Å². The van der Waals surface area contributed by atoms with Gasteiger partial charge in [-0.1, -0.05) is 32.8 Å². The zero-order chi connectivity index (χ0) is 13.6. The molecule has 0 aliphatic rings. The van der Waals surface area contributed by atoms with E-state index in [1.54, 1.807) is 6.08 Å². The largest absolute Gasteiger partial charge is 0.466 e. The molecule has 0 radical (unpaired) electrons. The van der Waals surface area contributed by atoms with Crippen molar-refractivity contribution in [2.75, 3.05) is 13.2 Å². The quantitative estimate of drug-likeness (QED) is 0.342. The number of hydrogen-bond donors (Lipinski definition) is 0. The molecule has 0 spiro atoms. The summed E-state index contributed by atoms with van der Waals surface area (Å²) in [5.41, 5.74) is 0. The van der Waals surface area contributed by atoms with E-state index in [1.165, 1.54) is 6.08 Å². The van der Waals surface area contributed by atoms with E-state index < -0.39 is 0 Å². The lowest BCUT2D eigenvalue weighted by atomic mass is 10.3. The molecule has 0 aromatic carbocycles. The van der Waals surface area contributed by atoms with Crippen LogP contribution in [0.2, 0.25) is 0 Å². The lowest BCUT2D eigenvalue weighted by molar-refractivity contribution is -0.143. The second-order valence-electron chi connectivity index (χ2n) is 4.04. The third-order valence-corrected chi connectivity index (χ3v) is 2.27. The number of allylic oxidation sites excluding steroid dienone is 1. The number of esters is 2. The molecule has 0 bridgehead atoms. The van der Waals surface area contributed by atoms with Crippen LogP contribution < -0.4 is 0 Å². The van der Waals surface area contributed by atoms with Gasteiger partial charge in [0.15, 0.2) is 0 Å². The predicted octanol–water partition coefficient (Wildman–Crippen LogP) is 3.01. The highest BCUT2D eigenvalue weighted by atomic mass is 16.5. The maximum atomic E-state index is 11.2. The highest BCUT2D eigenvalue weighted by Crippen LogP contribution is 1.97. The number of carbonyl (C=O) groups excluding carboxylic acids is 2. The molecule has 104 valence electrons. The van der Waals surface area contributed by atoms with Gasteiger partial charge in [-0.2, -0.15) is 0 Å². The van der Waals surface area contributed by atoms with Crippen LogP contribution in [0.15, 0.2) is 12.2 Å². The minimum Gasteiger partial charge on any atom is -0.466 e. The molecule has 0 aromatic heterocycles. The topological polar surface area (TPSA) is 52.6 Å². The molecule has 0 rings (SSSR count). The van der Waals surface area contributed by atoms with Gasteiger partial charge in [0.1, 0.15) is 0 Å². The van der Waals surface area contributed by atoms with E-state index in [2.05, 4.69) is 0 Å². The minimum absolute atomic E-state index is 0.215. The average Bonchev–Trinajstić information content (AvgIpc) is 2.35. The van der Waals surface area contributed by atoms with Crippen LogP contribution in [0, 0.1) is 0 Å². The first-order valence-corrected chi connectivity index (χ1v) is 6.69. The number of unbranched alkanes of at least 4 members (excludes halogenated alkanes) is 2. The Bertz CT molecular complexity index is 259. The summed E-state index contributed by atoms with van der Waals surface area (Å²) in [5.74, 6) is -0.560. The molecular formula is C14H24O4. The second kappa shape index (κ2) is 12.1. The van der Waals surface area contributed by atoms with Crippen molar-refractivity contribution in [1.29, 1.82) is 0 Å². The normalized spacial score (nSPS) is 10.6. The maximum absolute atomic E-state index is 11.2. The number of carbonyl (C=O) groups is 2. The fourth-order valence-electron chi connectivity index (χ4n) is 1.15. The first-order valence-electron chi connectivity index (χ1n) is 6.69. The Morgan fingerprint density at radius 1 is 1.00 bits per heavy atom. The SMILES string of the molecule is CCCCOC(=O)/C=C/CCC(=O)OCCCC. The summed E-state index contributed by atoms with van der Waals surface area (Å²) in [5, 5.41) is 0. The summed E-state index contributed by atoms with van der Waals surface area (Å²) in [6, 6.07) is 0. The molecular weight excluding hydrogens is 232 g/mol. The van der Waals surface area contributed by atoms with Gasteiger partial charge in [-0.25, -0.2) is 4.79 Å². The lowest BCUT2D eigenvalue weighted by Crippen LogP contribution is -2.05. The molecule has 0 saturated heterocycles. The zero-order valence-electron chi connectivity index (χ0n) is 11.4.